The van der Waals surface area contributed by atoms with Crippen LogP contribution in [0.1, 0.15) is 32.1 Å². The van der Waals surface area contributed by atoms with Crippen LogP contribution in [0.15, 0.2) is 0 Å². The van der Waals surface area contributed by atoms with Crippen LogP contribution < -0.4 is 0 Å². The third-order valence-corrected chi connectivity index (χ3v) is 2.49. The van der Waals surface area contributed by atoms with E-state index < -0.39 is 0 Å². The third kappa shape index (κ3) is 1.18. The molecular formula is C8H14O2. The average Bonchev–Trinajstić information content (AvgIpc) is 2.62. The lowest BCUT2D eigenvalue weighted by atomic mass is 9.99. The van der Waals surface area contributed by atoms with E-state index in [1.54, 1.807) is 0 Å². The van der Waals surface area contributed by atoms with E-state index in [2.05, 4.69) is 0 Å². The molecule has 1 aliphatic carbocycles. The summed E-state index contributed by atoms with van der Waals surface area (Å²) >= 11 is 0. The molecule has 0 unspecified atom stereocenters. The molecule has 3 atom stereocenters. The Morgan fingerprint density at radius 2 is 1.90 bits per heavy atom. The quantitative estimate of drug-likeness (QED) is 0.513. The molecular weight excluding hydrogens is 128 g/mol. The Bertz CT molecular complexity index is 124. The van der Waals surface area contributed by atoms with Crippen LogP contribution in [0.5, 0.6) is 0 Å². The fraction of sp³-hybridized carbons (Fsp3) is 1.00. The van der Waals surface area contributed by atoms with Crippen LogP contribution >= 0.6 is 0 Å². The summed E-state index contributed by atoms with van der Waals surface area (Å²) in [6.45, 7) is 0. The van der Waals surface area contributed by atoms with Crippen LogP contribution in [-0.4, -0.2) is 23.4 Å². The lowest BCUT2D eigenvalue weighted by Crippen LogP contribution is -2.18. The number of rotatable bonds is 0. The minimum absolute atomic E-state index is 0.162. The van der Waals surface area contributed by atoms with Crippen LogP contribution in [0, 0.1) is 0 Å². The first-order valence-electron chi connectivity index (χ1n) is 4.21. The molecule has 0 spiro atoms. The number of aliphatic hydroxyl groups is 1. The van der Waals surface area contributed by atoms with E-state index in [4.69, 9.17) is 4.74 Å². The van der Waals surface area contributed by atoms with Crippen molar-refractivity contribution in [1.29, 1.82) is 0 Å². The summed E-state index contributed by atoms with van der Waals surface area (Å²) in [5, 5.41) is 9.40. The number of hydrogen-bond donors (Lipinski definition) is 1. The van der Waals surface area contributed by atoms with E-state index in [-0.39, 0.29) is 12.2 Å². The summed E-state index contributed by atoms with van der Waals surface area (Å²) in [6, 6.07) is 0. The van der Waals surface area contributed by atoms with Crippen LogP contribution in [0.3, 0.4) is 0 Å². The molecule has 10 heavy (non-hydrogen) atoms. The van der Waals surface area contributed by atoms with E-state index in [0.29, 0.717) is 6.10 Å². The van der Waals surface area contributed by atoms with Crippen LogP contribution in [0.2, 0.25) is 0 Å². The minimum atomic E-state index is -0.162. The van der Waals surface area contributed by atoms with Crippen molar-refractivity contribution in [2.24, 2.45) is 0 Å². The van der Waals surface area contributed by atoms with Gasteiger partial charge in [-0.2, -0.15) is 0 Å². The second-order valence-electron chi connectivity index (χ2n) is 3.34. The van der Waals surface area contributed by atoms with Crippen LogP contribution in [0.25, 0.3) is 0 Å². The Morgan fingerprint density at radius 1 is 1.10 bits per heavy atom. The summed E-state index contributed by atoms with van der Waals surface area (Å²) in [5.41, 5.74) is 0. The van der Waals surface area contributed by atoms with Gasteiger partial charge in [0.15, 0.2) is 0 Å². The van der Waals surface area contributed by atoms with Crippen molar-refractivity contribution in [3.63, 3.8) is 0 Å². The van der Waals surface area contributed by atoms with Gasteiger partial charge >= 0.3 is 0 Å². The van der Waals surface area contributed by atoms with Crippen molar-refractivity contribution in [3.05, 3.63) is 0 Å². The van der Waals surface area contributed by atoms with Crippen LogP contribution in [-0.2, 0) is 4.74 Å². The zero-order valence-corrected chi connectivity index (χ0v) is 6.12. The standard InChI is InChI=1S/C8H14O2/c9-6-4-2-1-3-5-7-8(6)10-7/h6-9H,1-5H2/t6-,7+,8-/m1/s1. The SMILES string of the molecule is O[C@@H]1CCCCC[C@@H]2O[C@H]12. The molecule has 1 saturated heterocycles. The molecule has 2 heteroatoms. The smallest absolute Gasteiger partial charge is 0.110 e. The van der Waals surface area contributed by atoms with Crippen molar-refractivity contribution >= 4 is 0 Å². The van der Waals surface area contributed by atoms with Crippen molar-refractivity contribution in [3.8, 4) is 0 Å². The number of hydrogen-bond acceptors (Lipinski definition) is 2. The molecule has 2 nitrogen and oxygen atoms in total. The average molecular weight is 142 g/mol. The zero-order chi connectivity index (χ0) is 6.97. The van der Waals surface area contributed by atoms with Gasteiger partial charge in [-0.3, -0.25) is 0 Å². The van der Waals surface area contributed by atoms with E-state index in [0.717, 1.165) is 6.42 Å². The maximum Gasteiger partial charge on any atom is 0.110 e. The van der Waals surface area contributed by atoms with Crippen molar-refractivity contribution in [2.45, 2.75) is 50.4 Å². The monoisotopic (exact) mass is 142 g/mol. The van der Waals surface area contributed by atoms with Gasteiger partial charge in [-0.25, -0.2) is 0 Å². The van der Waals surface area contributed by atoms with Gasteiger partial charge in [0, 0.05) is 0 Å². The van der Waals surface area contributed by atoms with Crippen LogP contribution in [0.4, 0.5) is 0 Å². The summed E-state index contributed by atoms with van der Waals surface area (Å²) < 4.78 is 5.30. The lowest BCUT2D eigenvalue weighted by Gasteiger charge is -2.09. The van der Waals surface area contributed by atoms with Gasteiger partial charge in [0.25, 0.3) is 0 Å². The largest absolute Gasteiger partial charge is 0.390 e. The molecule has 2 fully saturated rings. The molecule has 2 aliphatic rings. The number of aliphatic hydroxyl groups excluding tert-OH is 1. The first kappa shape index (κ1) is 6.62. The van der Waals surface area contributed by atoms with Gasteiger partial charge in [-0.05, 0) is 12.8 Å². The maximum atomic E-state index is 9.40. The predicted octanol–water partition coefficient (Wildman–Crippen LogP) is 1.08. The second-order valence-corrected chi connectivity index (χ2v) is 3.34. The fourth-order valence-electron chi connectivity index (χ4n) is 1.77. The van der Waals surface area contributed by atoms with Gasteiger partial charge in [0.2, 0.25) is 0 Å². The van der Waals surface area contributed by atoms with E-state index in [1.807, 2.05) is 0 Å². The molecule has 0 amide bonds. The topological polar surface area (TPSA) is 32.8 Å². The Labute approximate surface area is 61.2 Å². The molecule has 0 aromatic heterocycles. The summed E-state index contributed by atoms with van der Waals surface area (Å²) in [4.78, 5) is 0. The Balaban J connectivity index is 1.88. The van der Waals surface area contributed by atoms with Gasteiger partial charge in [0.1, 0.15) is 6.10 Å². The molecule has 1 N–H and O–H groups in total. The van der Waals surface area contributed by atoms with Crippen molar-refractivity contribution in [2.75, 3.05) is 0 Å². The second kappa shape index (κ2) is 2.51. The number of epoxide rings is 1. The summed E-state index contributed by atoms with van der Waals surface area (Å²) in [7, 11) is 0. The Morgan fingerprint density at radius 3 is 2.80 bits per heavy atom. The highest BCUT2D eigenvalue weighted by Crippen LogP contribution is 2.34. The predicted molar refractivity (Wildman–Crippen MR) is 37.8 cm³/mol. The van der Waals surface area contributed by atoms with E-state index in [1.165, 1.54) is 25.7 Å². The highest BCUT2D eigenvalue weighted by molar-refractivity contribution is 4.91. The van der Waals surface area contributed by atoms with E-state index >= 15 is 0 Å². The van der Waals surface area contributed by atoms with Gasteiger partial charge in [-0.15, -0.1) is 0 Å². The fourth-order valence-corrected chi connectivity index (χ4v) is 1.77. The Kier molecular flexibility index (Phi) is 1.66. The highest BCUT2D eigenvalue weighted by atomic mass is 16.6. The minimum Gasteiger partial charge on any atom is -0.390 e. The third-order valence-electron chi connectivity index (χ3n) is 2.49. The molecule has 2 rings (SSSR count). The zero-order valence-electron chi connectivity index (χ0n) is 6.12. The first-order valence-corrected chi connectivity index (χ1v) is 4.21. The van der Waals surface area contributed by atoms with Gasteiger partial charge in [-0.1, -0.05) is 19.3 Å². The molecule has 0 aromatic rings. The number of fused-ring (bicyclic) bond motifs is 1. The normalized spacial score (nSPS) is 47.1. The van der Waals surface area contributed by atoms with Crippen molar-refractivity contribution in [1.82, 2.24) is 0 Å². The first-order chi connectivity index (χ1) is 4.88. The van der Waals surface area contributed by atoms with E-state index in [9.17, 15) is 5.11 Å². The molecule has 58 valence electrons. The highest BCUT2D eigenvalue weighted by Gasteiger charge is 2.43. The molecule has 0 radical (unpaired) electrons. The lowest BCUT2D eigenvalue weighted by molar-refractivity contribution is 0.124. The molecule has 1 heterocycles. The van der Waals surface area contributed by atoms with Gasteiger partial charge < -0.3 is 9.84 Å². The number of ether oxygens (including phenoxy) is 1. The molecule has 0 bridgehead atoms. The molecule has 1 saturated carbocycles. The molecule has 0 aromatic carbocycles. The Hall–Kier alpha value is -0.0800. The summed E-state index contributed by atoms with van der Waals surface area (Å²) in [6.07, 6.45) is 6.30. The molecule has 1 aliphatic heterocycles. The van der Waals surface area contributed by atoms with Gasteiger partial charge in [0.05, 0.1) is 12.2 Å². The summed E-state index contributed by atoms with van der Waals surface area (Å²) in [5.74, 6) is 0. The van der Waals surface area contributed by atoms with Crippen molar-refractivity contribution < 1.29 is 9.84 Å². The maximum absolute atomic E-state index is 9.40.